The number of benzene rings is 1. The molecular weight excluding hydrogens is 340 g/mol. The lowest BCUT2D eigenvalue weighted by Crippen LogP contribution is -2.29. The number of carbonyl (C=O) groups excluding carboxylic acids is 3. The van der Waals surface area contributed by atoms with Crippen LogP contribution in [0.2, 0.25) is 0 Å². The van der Waals surface area contributed by atoms with Gasteiger partial charge in [-0.15, -0.1) is 0 Å². The van der Waals surface area contributed by atoms with Crippen molar-refractivity contribution in [2.75, 3.05) is 18.5 Å². The highest BCUT2D eigenvalue weighted by atomic mass is 16.5. The predicted molar refractivity (Wildman–Crippen MR) is 89.6 cm³/mol. The highest BCUT2D eigenvalue weighted by Gasteiger charge is 2.32. The minimum absolute atomic E-state index is 0.0159. The molecule has 8 heteroatoms. The molecule has 1 amide bonds. The van der Waals surface area contributed by atoms with Gasteiger partial charge in [0.25, 0.3) is 5.91 Å². The van der Waals surface area contributed by atoms with Crippen LogP contribution in [0.4, 0.5) is 5.69 Å². The molecule has 8 nitrogen and oxygen atoms in total. The summed E-state index contributed by atoms with van der Waals surface area (Å²) in [7, 11) is 0. The molecule has 26 heavy (non-hydrogen) atoms. The smallest absolute Gasteiger partial charge is 0.347 e. The number of para-hydroxylation sites is 1. The van der Waals surface area contributed by atoms with Crippen molar-refractivity contribution in [1.29, 1.82) is 0 Å². The monoisotopic (exact) mass is 356 g/mol. The van der Waals surface area contributed by atoms with E-state index < -0.39 is 24.3 Å². The van der Waals surface area contributed by atoms with Crippen molar-refractivity contribution in [3.05, 3.63) is 65.9 Å². The molecule has 0 fully saturated rings. The van der Waals surface area contributed by atoms with E-state index in [0.29, 0.717) is 11.4 Å². The first-order valence-corrected chi connectivity index (χ1v) is 7.82. The lowest BCUT2D eigenvalue weighted by Gasteiger charge is -2.09. The zero-order valence-corrected chi connectivity index (χ0v) is 13.7. The number of nitrogens with one attached hydrogen (secondary N) is 2. The number of hydrogen-bond donors (Lipinski definition) is 2. The van der Waals surface area contributed by atoms with Crippen LogP contribution in [0.5, 0.6) is 0 Å². The standard InChI is InChI=1S/C18H16N2O6/c21-14-10-25-17(20-12-5-2-1-3-6-12)16(14)18(23)26-11-15(22)19-9-13-7-4-8-24-13/h1-8,20H,9-11H2,(H,19,22). The van der Waals surface area contributed by atoms with Crippen molar-refractivity contribution in [1.82, 2.24) is 5.32 Å². The molecule has 0 aliphatic carbocycles. The summed E-state index contributed by atoms with van der Waals surface area (Å²) in [4.78, 5) is 35.8. The van der Waals surface area contributed by atoms with Crippen LogP contribution < -0.4 is 10.6 Å². The molecule has 1 aromatic heterocycles. The Balaban J connectivity index is 1.57. The normalized spacial score (nSPS) is 13.3. The molecular formula is C18H16N2O6. The van der Waals surface area contributed by atoms with Crippen LogP contribution >= 0.6 is 0 Å². The summed E-state index contributed by atoms with van der Waals surface area (Å²) in [5.74, 6) is -1.36. The fourth-order valence-corrected chi connectivity index (χ4v) is 2.22. The SMILES string of the molecule is O=C(COC(=O)C1=C(Nc2ccccc2)OCC1=O)NCc1ccco1. The Morgan fingerprint density at radius 1 is 1.12 bits per heavy atom. The zero-order valence-electron chi connectivity index (χ0n) is 13.7. The molecule has 0 saturated heterocycles. The van der Waals surface area contributed by atoms with Crippen LogP contribution in [-0.2, 0) is 30.4 Å². The molecule has 0 bridgehead atoms. The van der Waals surface area contributed by atoms with E-state index in [1.807, 2.05) is 6.07 Å². The third-order valence-electron chi connectivity index (χ3n) is 3.46. The van der Waals surface area contributed by atoms with Crippen molar-refractivity contribution in [2.24, 2.45) is 0 Å². The Labute approximate surface area is 148 Å². The second-order valence-electron chi connectivity index (χ2n) is 5.34. The summed E-state index contributed by atoms with van der Waals surface area (Å²) >= 11 is 0. The number of anilines is 1. The topological polar surface area (TPSA) is 107 Å². The maximum Gasteiger partial charge on any atom is 0.347 e. The van der Waals surface area contributed by atoms with Crippen molar-refractivity contribution in [3.63, 3.8) is 0 Å². The van der Waals surface area contributed by atoms with Gasteiger partial charge in [0.15, 0.2) is 18.8 Å². The Morgan fingerprint density at radius 2 is 1.92 bits per heavy atom. The van der Waals surface area contributed by atoms with Gasteiger partial charge in [0.1, 0.15) is 5.76 Å². The Hall–Kier alpha value is -3.55. The quantitative estimate of drug-likeness (QED) is 0.570. The van der Waals surface area contributed by atoms with Crippen LogP contribution in [0.1, 0.15) is 5.76 Å². The van der Waals surface area contributed by atoms with E-state index in [-0.39, 0.29) is 24.6 Å². The molecule has 2 aromatic rings. The second kappa shape index (κ2) is 8.02. The van der Waals surface area contributed by atoms with Gasteiger partial charge in [-0.1, -0.05) is 18.2 Å². The number of hydrogen-bond acceptors (Lipinski definition) is 7. The van der Waals surface area contributed by atoms with E-state index in [1.165, 1.54) is 6.26 Å². The fourth-order valence-electron chi connectivity index (χ4n) is 2.22. The molecule has 1 aliphatic rings. The number of rotatable bonds is 7. The van der Waals surface area contributed by atoms with Crippen LogP contribution in [-0.4, -0.2) is 30.9 Å². The molecule has 0 atom stereocenters. The highest BCUT2D eigenvalue weighted by Crippen LogP contribution is 2.20. The average molecular weight is 356 g/mol. The number of ketones is 1. The maximum atomic E-state index is 12.2. The molecule has 2 N–H and O–H groups in total. The Kier molecular flexibility index (Phi) is 5.33. The van der Waals surface area contributed by atoms with Crippen molar-refractivity contribution in [2.45, 2.75) is 6.54 Å². The summed E-state index contributed by atoms with van der Waals surface area (Å²) in [6, 6.07) is 12.3. The summed E-state index contributed by atoms with van der Waals surface area (Å²) in [6.45, 7) is -0.603. The predicted octanol–water partition coefficient (Wildman–Crippen LogP) is 1.36. The van der Waals surface area contributed by atoms with Gasteiger partial charge < -0.3 is 24.5 Å². The minimum atomic E-state index is -0.918. The van der Waals surface area contributed by atoms with E-state index >= 15 is 0 Å². The molecule has 0 unspecified atom stereocenters. The molecule has 2 heterocycles. The van der Waals surface area contributed by atoms with E-state index in [2.05, 4.69) is 10.6 Å². The number of amides is 1. The summed E-state index contributed by atoms with van der Waals surface area (Å²) in [5.41, 5.74) is 0.409. The molecule has 1 aromatic carbocycles. The number of esters is 1. The van der Waals surface area contributed by atoms with Crippen molar-refractivity contribution in [3.8, 4) is 0 Å². The second-order valence-corrected chi connectivity index (χ2v) is 5.34. The van der Waals surface area contributed by atoms with Crippen LogP contribution in [0.15, 0.2) is 64.6 Å². The first kappa shape index (κ1) is 17.3. The highest BCUT2D eigenvalue weighted by molar-refractivity contribution is 6.20. The van der Waals surface area contributed by atoms with Gasteiger partial charge in [-0.05, 0) is 24.3 Å². The van der Waals surface area contributed by atoms with Gasteiger partial charge in [0, 0.05) is 5.69 Å². The summed E-state index contributed by atoms with van der Waals surface area (Å²) in [6.07, 6.45) is 1.49. The number of ether oxygens (including phenoxy) is 2. The van der Waals surface area contributed by atoms with E-state index in [4.69, 9.17) is 13.9 Å². The summed E-state index contributed by atoms with van der Waals surface area (Å²) < 4.78 is 15.2. The largest absolute Gasteiger partial charge is 0.470 e. The van der Waals surface area contributed by atoms with Gasteiger partial charge in [0.05, 0.1) is 12.8 Å². The first-order chi connectivity index (χ1) is 12.6. The minimum Gasteiger partial charge on any atom is -0.470 e. The van der Waals surface area contributed by atoms with Crippen LogP contribution in [0, 0.1) is 0 Å². The third kappa shape index (κ3) is 4.29. The van der Waals surface area contributed by atoms with Gasteiger partial charge >= 0.3 is 5.97 Å². The maximum absolute atomic E-state index is 12.2. The van der Waals surface area contributed by atoms with Crippen LogP contribution in [0.25, 0.3) is 0 Å². The van der Waals surface area contributed by atoms with E-state index in [1.54, 1.807) is 36.4 Å². The lowest BCUT2D eigenvalue weighted by molar-refractivity contribution is -0.145. The average Bonchev–Trinajstić information content (AvgIpc) is 3.29. The fraction of sp³-hybridized carbons (Fsp3) is 0.167. The van der Waals surface area contributed by atoms with Gasteiger partial charge in [-0.25, -0.2) is 4.79 Å². The molecule has 0 saturated carbocycles. The number of carbonyl (C=O) groups is 3. The Bertz CT molecular complexity index is 827. The molecule has 1 aliphatic heterocycles. The third-order valence-corrected chi connectivity index (χ3v) is 3.46. The van der Waals surface area contributed by atoms with Crippen molar-refractivity contribution >= 4 is 23.3 Å². The van der Waals surface area contributed by atoms with E-state index in [0.717, 1.165) is 0 Å². The number of furan rings is 1. The molecule has 0 radical (unpaired) electrons. The van der Waals surface area contributed by atoms with Crippen molar-refractivity contribution < 1.29 is 28.3 Å². The lowest BCUT2D eigenvalue weighted by atomic mass is 10.2. The molecule has 3 rings (SSSR count). The number of Topliss-reactive ketones (excluding diaryl/α,β-unsaturated/α-hetero) is 1. The van der Waals surface area contributed by atoms with Crippen LogP contribution in [0.3, 0.4) is 0 Å². The first-order valence-electron chi connectivity index (χ1n) is 7.82. The Morgan fingerprint density at radius 3 is 2.65 bits per heavy atom. The zero-order chi connectivity index (χ0) is 18.4. The van der Waals surface area contributed by atoms with E-state index in [9.17, 15) is 14.4 Å². The van der Waals surface area contributed by atoms with Gasteiger partial charge in [-0.2, -0.15) is 0 Å². The molecule has 134 valence electrons. The molecule has 0 spiro atoms. The van der Waals surface area contributed by atoms with Gasteiger partial charge in [-0.3, -0.25) is 9.59 Å². The summed E-state index contributed by atoms with van der Waals surface area (Å²) in [5, 5.41) is 5.39. The van der Waals surface area contributed by atoms with Gasteiger partial charge in [0.2, 0.25) is 11.7 Å².